The van der Waals surface area contributed by atoms with Gasteiger partial charge in [-0.3, -0.25) is 14.0 Å². The molecule has 23 heavy (non-hydrogen) atoms. The highest BCUT2D eigenvalue weighted by atomic mass is 16.5. The number of esters is 1. The maximum atomic E-state index is 12.7. The number of carbonyl (C=O) groups excluding carboxylic acids is 1. The Kier molecular flexibility index (Phi) is 3.84. The Morgan fingerprint density at radius 3 is 2.91 bits per heavy atom. The number of hydrogen-bond donors (Lipinski definition) is 1. The quantitative estimate of drug-likeness (QED) is 0.736. The first-order valence-electron chi connectivity index (χ1n) is 6.92. The van der Waals surface area contributed by atoms with Crippen molar-refractivity contribution in [3.05, 3.63) is 64.5 Å². The fourth-order valence-corrected chi connectivity index (χ4v) is 2.48. The molecule has 3 aromatic rings. The first-order valence-corrected chi connectivity index (χ1v) is 6.92. The van der Waals surface area contributed by atoms with Crippen LogP contribution in [0.15, 0.2) is 52.0 Å². The van der Waals surface area contributed by atoms with Crippen LogP contribution in [0.3, 0.4) is 0 Å². The number of aromatic hydroxyl groups is 1. The molecule has 0 aliphatic heterocycles. The van der Waals surface area contributed by atoms with E-state index in [1.54, 1.807) is 36.5 Å². The van der Waals surface area contributed by atoms with E-state index >= 15 is 0 Å². The van der Waals surface area contributed by atoms with Gasteiger partial charge < -0.3 is 14.3 Å². The lowest BCUT2D eigenvalue weighted by atomic mass is 9.94. The topological polar surface area (TPSA) is 94.0 Å². The van der Waals surface area contributed by atoms with E-state index in [1.807, 2.05) is 0 Å². The standard InChI is InChI=1S/C16H14N2O5/c1-22-13(19)9-10(11-5-4-8-23-11)14-15(20)17-12-6-2-3-7-18(12)16(14)21/h2-8,10,20H,9H2,1H3. The van der Waals surface area contributed by atoms with E-state index in [1.165, 1.54) is 17.8 Å². The van der Waals surface area contributed by atoms with Gasteiger partial charge in [-0.1, -0.05) is 6.07 Å². The fourth-order valence-electron chi connectivity index (χ4n) is 2.48. The monoisotopic (exact) mass is 314 g/mol. The fraction of sp³-hybridized carbons (Fsp3) is 0.188. The van der Waals surface area contributed by atoms with E-state index in [0.717, 1.165) is 0 Å². The molecule has 1 N–H and O–H groups in total. The molecule has 0 bridgehead atoms. The van der Waals surface area contributed by atoms with Gasteiger partial charge in [0.2, 0.25) is 5.88 Å². The predicted molar refractivity (Wildman–Crippen MR) is 80.3 cm³/mol. The molecule has 3 heterocycles. The molecule has 7 heteroatoms. The first kappa shape index (κ1) is 14.8. The van der Waals surface area contributed by atoms with Crippen LogP contribution in [0.2, 0.25) is 0 Å². The molecule has 0 spiro atoms. The summed E-state index contributed by atoms with van der Waals surface area (Å²) in [4.78, 5) is 28.5. The largest absolute Gasteiger partial charge is 0.493 e. The molecule has 0 aliphatic carbocycles. The summed E-state index contributed by atoms with van der Waals surface area (Å²) in [6.07, 6.45) is 2.83. The zero-order valence-electron chi connectivity index (χ0n) is 12.3. The SMILES string of the molecule is COC(=O)CC(c1ccco1)c1c(O)nc2ccccn2c1=O. The smallest absolute Gasteiger partial charge is 0.306 e. The normalized spacial score (nSPS) is 12.2. The van der Waals surface area contributed by atoms with Crippen molar-refractivity contribution in [3.63, 3.8) is 0 Å². The molecule has 0 fully saturated rings. The van der Waals surface area contributed by atoms with Crippen molar-refractivity contribution in [2.24, 2.45) is 0 Å². The molecule has 1 unspecified atom stereocenters. The molecule has 3 aromatic heterocycles. The maximum absolute atomic E-state index is 12.7. The minimum absolute atomic E-state index is 0.00551. The van der Waals surface area contributed by atoms with E-state index in [4.69, 9.17) is 4.42 Å². The molecular weight excluding hydrogens is 300 g/mol. The Hall–Kier alpha value is -3.09. The Bertz CT molecular complexity index is 898. The number of hydrogen-bond acceptors (Lipinski definition) is 6. The Balaban J connectivity index is 2.21. The molecule has 1 atom stereocenters. The van der Waals surface area contributed by atoms with Crippen LogP contribution in [0.1, 0.15) is 23.7 Å². The summed E-state index contributed by atoms with van der Waals surface area (Å²) in [5, 5.41) is 10.2. The number of ether oxygens (including phenoxy) is 1. The molecular formula is C16H14N2O5. The van der Waals surface area contributed by atoms with Crippen LogP contribution in [-0.2, 0) is 9.53 Å². The number of rotatable bonds is 4. The molecule has 0 saturated carbocycles. The second kappa shape index (κ2) is 5.96. The van der Waals surface area contributed by atoms with Crippen LogP contribution in [0.5, 0.6) is 5.88 Å². The molecule has 118 valence electrons. The van der Waals surface area contributed by atoms with Crippen LogP contribution in [0.25, 0.3) is 5.65 Å². The zero-order chi connectivity index (χ0) is 16.4. The summed E-state index contributed by atoms with van der Waals surface area (Å²) < 4.78 is 11.3. The molecule has 0 aromatic carbocycles. The minimum Gasteiger partial charge on any atom is -0.493 e. The van der Waals surface area contributed by atoms with Crippen LogP contribution in [0, 0.1) is 0 Å². The summed E-state index contributed by atoms with van der Waals surface area (Å²) in [6.45, 7) is 0. The summed E-state index contributed by atoms with van der Waals surface area (Å²) in [6, 6.07) is 8.26. The summed E-state index contributed by atoms with van der Waals surface area (Å²) >= 11 is 0. The Morgan fingerprint density at radius 2 is 2.22 bits per heavy atom. The van der Waals surface area contributed by atoms with Gasteiger partial charge in [-0.05, 0) is 24.3 Å². The van der Waals surface area contributed by atoms with Crippen LogP contribution >= 0.6 is 0 Å². The van der Waals surface area contributed by atoms with Crippen molar-refractivity contribution in [2.45, 2.75) is 12.3 Å². The minimum atomic E-state index is -0.783. The molecule has 3 rings (SSSR count). The number of pyridine rings is 1. The number of furan rings is 1. The zero-order valence-corrected chi connectivity index (χ0v) is 12.3. The highest BCUT2D eigenvalue weighted by Gasteiger charge is 2.28. The van der Waals surface area contributed by atoms with E-state index in [2.05, 4.69) is 9.72 Å². The molecule has 0 amide bonds. The number of nitrogens with zero attached hydrogens (tertiary/aromatic N) is 2. The van der Waals surface area contributed by atoms with Crippen molar-refractivity contribution in [1.29, 1.82) is 0 Å². The highest BCUT2D eigenvalue weighted by molar-refractivity contribution is 5.71. The van der Waals surface area contributed by atoms with Crippen molar-refractivity contribution >= 4 is 11.6 Å². The lowest BCUT2D eigenvalue weighted by Crippen LogP contribution is -2.24. The van der Waals surface area contributed by atoms with Gasteiger partial charge in [0, 0.05) is 6.20 Å². The predicted octanol–water partition coefficient (Wildman–Crippen LogP) is 1.69. The average Bonchev–Trinajstić information content (AvgIpc) is 3.08. The van der Waals surface area contributed by atoms with Crippen LogP contribution in [0.4, 0.5) is 0 Å². The van der Waals surface area contributed by atoms with Gasteiger partial charge in [0.1, 0.15) is 11.4 Å². The number of aromatic nitrogens is 2. The molecule has 0 aliphatic rings. The Labute approximate surface area is 130 Å². The van der Waals surface area contributed by atoms with Gasteiger partial charge in [0.15, 0.2) is 0 Å². The second-order valence-corrected chi connectivity index (χ2v) is 4.93. The van der Waals surface area contributed by atoms with Gasteiger partial charge in [0.05, 0.1) is 31.3 Å². The van der Waals surface area contributed by atoms with Crippen LogP contribution < -0.4 is 5.56 Å². The maximum Gasteiger partial charge on any atom is 0.306 e. The highest BCUT2D eigenvalue weighted by Crippen LogP contribution is 2.31. The second-order valence-electron chi connectivity index (χ2n) is 4.93. The van der Waals surface area contributed by atoms with Gasteiger partial charge in [-0.15, -0.1) is 0 Å². The van der Waals surface area contributed by atoms with Crippen molar-refractivity contribution in [2.75, 3.05) is 7.11 Å². The van der Waals surface area contributed by atoms with E-state index in [-0.39, 0.29) is 12.0 Å². The summed E-state index contributed by atoms with van der Waals surface area (Å²) in [5.41, 5.74) is -0.150. The van der Waals surface area contributed by atoms with Gasteiger partial charge in [-0.2, -0.15) is 4.98 Å². The lowest BCUT2D eigenvalue weighted by Gasteiger charge is -2.15. The van der Waals surface area contributed by atoms with Crippen molar-refractivity contribution in [1.82, 2.24) is 9.38 Å². The van der Waals surface area contributed by atoms with Gasteiger partial charge in [0.25, 0.3) is 5.56 Å². The third-order valence-electron chi connectivity index (χ3n) is 3.58. The van der Waals surface area contributed by atoms with E-state index in [0.29, 0.717) is 11.4 Å². The number of carbonyl (C=O) groups is 1. The Morgan fingerprint density at radius 1 is 1.39 bits per heavy atom. The lowest BCUT2D eigenvalue weighted by molar-refractivity contribution is -0.140. The average molecular weight is 314 g/mol. The number of fused-ring (bicyclic) bond motifs is 1. The van der Waals surface area contributed by atoms with E-state index in [9.17, 15) is 14.7 Å². The van der Waals surface area contributed by atoms with Crippen LogP contribution in [-0.4, -0.2) is 27.6 Å². The van der Waals surface area contributed by atoms with Crippen molar-refractivity contribution < 1.29 is 19.1 Å². The van der Waals surface area contributed by atoms with E-state index < -0.39 is 23.3 Å². The molecule has 7 nitrogen and oxygen atoms in total. The van der Waals surface area contributed by atoms with Crippen molar-refractivity contribution in [3.8, 4) is 5.88 Å². The third-order valence-corrected chi connectivity index (χ3v) is 3.58. The molecule has 0 radical (unpaired) electrons. The third kappa shape index (κ3) is 2.68. The summed E-state index contributed by atoms with van der Waals surface area (Å²) in [5.74, 6) is -1.36. The summed E-state index contributed by atoms with van der Waals surface area (Å²) in [7, 11) is 1.26. The number of methoxy groups -OCH3 is 1. The van der Waals surface area contributed by atoms with Gasteiger partial charge in [-0.25, -0.2) is 0 Å². The van der Waals surface area contributed by atoms with Gasteiger partial charge >= 0.3 is 5.97 Å². The first-order chi connectivity index (χ1) is 11.1. The molecule has 0 saturated heterocycles.